The van der Waals surface area contributed by atoms with Crippen LogP contribution in [0.4, 0.5) is 5.69 Å². The Morgan fingerprint density at radius 2 is 1.96 bits per heavy atom. The van der Waals surface area contributed by atoms with Crippen molar-refractivity contribution in [3.8, 4) is 0 Å². The molecule has 1 aliphatic rings. The fourth-order valence-electron chi connectivity index (χ4n) is 3.27. The van der Waals surface area contributed by atoms with Crippen LogP contribution in [0.5, 0.6) is 0 Å². The molecule has 2 rings (SSSR count). The van der Waals surface area contributed by atoms with Crippen molar-refractivity contribution in [3.63, 3.8) is 0 Å². The van der Waals surface area contributed by atoms with Gasteiger partial charge in [0.05, 0.1) is 11.0 Å². The zero-order valence-corrected chi connectivity index (χ0v) is 17.7. The molecule has 152 valence electrons. The highest BCUT2D eigenvalue weighted by Gasteiger charge is 2.62. The molecule has 7 nitrogen and oxygen atoms in total. The van der Waals surface area contributed by atoms with E-state index in [-0.39, 0.29) is 16.9 Å². The van der Waals surface area contributed by atoms with Gasteiger partial charge in [-0.3, -0.25) is 4.79 Å². The molecule has 0 saturated heterocycles. The van der Waals surface area contributed by atoms with Crippen molar-refractivity contribution >= 4 is 21.6 Å². The quantitative estimate of drug-likeness (QED) is 0.682. The Kier molecular flexibility index (Phi) is 5.79. The monoisotopic (exact) mass is 397 g/mol. The van der Waals surface area contributed by atoms with E-state index in [0.717, 1.165) is 0 Å². The van der Waals surface area contributed by atoms with E-state index in [1.165, 1.54) is 12.1 Å². The van der Waals surface area contributed by atoms with Gasteiger partial charge >= 0.3 is 0 Å². The molecule has 0 aliphatic heterocycles. The molecular weight excluding hydrogens is 366 g/mol. The summed E-state index contributed by atoms with van der Waals surface area (Å²) in [5, 5.41) is 2.77. The van der Waals surface area contributed by atoms with Crippen LogP contribution >= 0.6 is 0 Å². The number of nitrogens with one attached hydrogen (secondary N) is 2. The number of hydrogen-bond acceptors (Lipinski definition) is 5. The Labute approximate surface area is 162 Å². The lowest BCUT2D eigenvalue weighted by Crippen LogP contribution is -2.74. The Hall–Kier alpha value is -1.48. The maximum atomic E-state index is 12.8. The van der Waals surface area contributed by atoms with Crippen molar-refractivity contribution in [3.05, 3.63) is 24.3 Å². The van der Waals surface area contributed by atoms with Gasteiger partial charge in [0.15, 0.2) is 0 Å². The highest BCUT2D eigenvalue weighted by molar-refractivity contribution is 7.89. The summed E-state index contributed by atoms with van der Waals surface area (Å²) >= 11 is 0. The molecule has 8 heteroatoms. The van der Waals surface area contributed by atoms with Crippen molar-refractivity contribution < 1.29 is 17.9 Å². The Bertz CT molecular complexity index is 814. The molecule has 0 aromatic heterocycles. The fourth-order valence-corrected chi connectivity index (χ4v) is 4.73. The molecule has 0 spiro atoms. The molecule has 1 fully saturated rings. The SMILES string of the molecule is CCOC1CC(N)(C(=O)Nc2cccc(S(=O)(=O)NC(C)(C)C)c2)C1(C)C. The molecule has 1 saturated carbocycles. The highest BCUT2D eigenvalue weighted by atomic mass is 32.2. The van der Waals surface area contributed by atoms with Gasteiger partial charge in [0, 0.05) is 29.7 Å². The maximum Gasteiger partial charge on any atom is 0.245 e. The minimum absolute atomic E-state index is 0.0825. The summed E-state index contributed by atoms with van der Waals surface area (Å²) in [6, 6.07) is 6.15. The van der Waals surface area contributed by atoms with E-state index in [2.05, 4.69) is 10.0 Å². The molecule has 1 aromatic rings. The number of benzene rings is 1. The van der Waals surface area contributed by atoms with E-state index < -0.39 is 26.5 Å². The number of nitrogens with two attached hydrogens (primary N) is 1. The number of rotatable bonds is 6. The molecule has 27 heavy (non-hydrogen) atoms. The van der Waals surface area contributed by atoms with Crippen molar-refractivity contribution in [2.75, 3.05) is 11.9 Å². The molecule has 0 bridgehead atoms. The third-order valence-electron chi connectivity index (χ3n) is 5.08. The highest BCUT2D eigenvalue weighted by Crippen LogP contribution is 2.50. The Morgan fingerprint density at radius 3 is 2.48 bits per heavy atom. The first kappa shape index (κ1) is 21.8. The van der Waals surface area contributed by atoms with Crippen LogP contribution in [0.2, 0.25) is 0 Å². The predicted octanol–water partition coefficient (Wildman–Crippen LogP) is 2.23. The van der Waals surface area contributed by atoms with Gasteiger partial charge in [0.2, 0.25) is 15.9 Å². The van der Waals surface area contributed by atoms with Crippen LogP contribution in [0.3, 0.4) is 0 Å². The van der Waals surface area contributed by atoms with Crippen LogP contribution in [-0.2, 0) is 19.6 Å². The summed E-state index contributed by atoms with van der Waals surface area (Å²) in [7, 11) is -3.69. The third-order valence-corrected chi connectivity index (χ3v) is 6.83. The smallest absolute Gasteiger partial charge is 0.245 e. The van der Waals surface area contributed by atoms with Crippen LogP contribution in [0.25, 0.3) is 0 Å². The summed E-state index contributed by atoms with van der Waals surface area (Å²) in [6.07, 6.45) is 0.337. The summed E-state index contributed by atoms with van der Waals surface area (Å²) in [4.78, 5) is 12.9. The van der Waals surface area contributed by atoms with Crippen LogP contribution in [0, 0.1) is 5.41 Å². The lowest BCUT2D eigenvalue weighted by Gasteiger charge is -2.57. The van der Waals surface area contributed by atoms with E-state index in [1.807, 2.05) is 20.8 Å². The molecule has 1 aromatic carbocycles. The van der Waals surface area contributed by atoms with Crippen LogP contribution < -0.4 is 15.8 Å². The topological polar surface area (TPSA) is 111 Å². The number of hydrogen-bond donors (Lipinski definition) is 3. The van der Waals surface area contributed by atoms with Crippen molar-refractivity contribution in [2.45, 2.75) is 70.0 Å². The Morgan fingerprint density at radius 1 is 1.33 bits per heavy atom. The van der Waals surface area contributed by atoms with E-state index in [9.17, 15) is 13.2 Å². The largest absolute Gasteiger partial charge is 0.378 e. The minimum atomic E-state index is -3.69. The molecule has 0 heterocycles. The lowest BCUT2D eigenvalue weighted by molar-refractivity contribution is -0.166. The number of carbonyl (C=O) groups excluding carboxylic acids is 1. The second kappa shape index (κ2) is 7.16. The van der Waals surface area contributed by atoms with Gasteiger partial charge in [-0.2, -0.15) is 0 Å². The summed E-state index contributed by atoms with van der Waals surface area (Å²) in [6.45, 7) is 11.6. The van der Waals surface area contributed by atoms with E-state index in [1.54, 1.807) is 32.9 Å². The van der Waals surface area contributed by atoms with Gasteiger partial charge in [-0.1, -0.05) is 19.9 Å². The Balaban J connectivity index is 2.19. The van der Waals surface area contributed by atoms with Crippen molar-refractivity contribution in [1.29, 1.82) is 0 Å². The first-order valence-electron chi connectivity index (χ1n) is 9.09. The van der Waals surface area contributed by atoms with Crippen LogP contribution in [-0.4, -0.2) is 38.1 Å². The van der Waals surface area contributed by atoms with Gasteiger partial charge in [-0.25, -0.2) is 13.1 Å². The van der Waals surface area contributed by atoms with Gasteiger partial charge in [0.25, 0.3) is 0 Å². The van der Waals surface area contributed by atoms with Gasteiger partial charge in [-0.15, -0.1) is 0 Å². The van der Waals surface area contributed by atoms with Crippen LogP contribution in [0.1, 0.15) is 48.0 Å². The van der Waals surface area contributed by atoms with E-state index >= 15 is 0 Å². The standard InChI is InChI=1S/C19H31N3O4S/c1-7-26-15-12-19(20,18(15,5)6)16(23)21-13-9-8-10-14(11-13)27(24,25)22-17(2,3)4/h8-11,15,22H,7,12,20H2,1-6H3,(H,21,23). The number of ether oxygens (including phenoxy) is 1. The first-order valence-corrected chi connectivity index (χ1v) is 10.6. The zero-order chi connectivity index (χ0) is 20.7. The molecular formula is C19H31N3O4S. The average molecular weight is 398 g/mol. The molecule has 1 amide bonds. The van der Waals surface area contributed by atoms with Gasteiger partial charge in [-0.05, 0) is 45.9 Å². The summed E-state index contributed by atoms with van der Waals surface area (Å²) in [5.41, 5.74) is 4.55. The predicted molar refractivity (Wildman–Crippen MR) is 106 cm³/mol. The minimum Gasteiger partial charge on any atom is -0.378 e. The molecule has 2 atom stereocenters. The number of anilines is 1. The summed E-state index contributed by atoms with van der Waals surface area (Å²) < 4.78 is 33.3. The molecule has 1 aliphatic carbocycles. The summed E-state index contributed by atoms with van der Waals surface area (Å²) in [5.74, 6) is -0.346. The molecule has 4 N–H and O–H groups in total. The fraction of sp³-hybridized carbons (Fsp3) is 0.632. The van der Waals surface area contributed by atoms with E-state index in [4.69, 9.17) is 10.5 Å². The average Bonchev–Trinajstić information content (AvgIpc) is 2.52. The third kappa shape index (κ3) is 4.34. The number of amides is 1. The number of carbonyl (C=O) groups is 1. The molecule has 0 radical (unpaired) electrons. The molecule has 2 unspecified atom stereocenters. The van der Waals surface area contributed by atoms with E-state index in [0.29, 0.717) is 18.7 Å². The van der Waals surface area contributed by atoms with Crippen molar-refractivity contribution in [1.82, 2.24) is 4.72 Å². The van der Waals surface area contributed by atoms with Crippen molar-refractivity contribution in [2.24, 2.45) is 11.1 Å². The van der Waals surface area contributed by atoms with Gasteiger partial charge in [0.1, 0.15) is 5.54 Å². The van der Waals surface area contributed by atoms with Crippen LogP contribution in [0.15, 0.2) is 29.2 Å². The first-order chi connectivity index (χ1) is 12.2. The van der Waals surface area contributed by atoms with Gasteiger partial charge < -0.3 is 15.8 Å². The zero-order valence-electron chi connectivity index (χ0n) is 16.9. The lowest BCUT2D eigenvalue weighted by atomic mass is 9.54. The second-order valence-electron chi connectivity index (χ2n) is 8.68. The normalized spacial score (nSPS) is 24.9. The second-order valence-corrected chi connectivity index (χ2v) is 10.4. The maximum absolute atomic E-state index is 12.8. The number of sulfonamides is 1.